The maximum Gasteiger partial charge on any atom is 0.342 e. The molecular weight excluding hydrogens is 152 g/mol. The Kier molecular flexibility index (Phi) is 5.10. The molecule has 0 radical (unpaired) electrons. The zero-order valence-electron chi connectivity index (χ0n) is 6.20. The van der Waals surface area contributed by atoms with Crippen molar-refractivity contribution >= 4 is 11.9 Å². The van der Waals surface area contributed by atoms with Crippen molar-refractivity contribution in [2.45, 2.75) is 19.3 Å². The van der Waals surface area contributed by atoms with Crippen molar-refractivity contribution in [1.29, 1.82) is 0 Å². The molecule has 11 heavy (non-hydrogen) atoms. The molecule has 0 aliphatic heterocycles. The molecule has 5 nitrogen and oxygen atoms in total. The van der Waals surface area contributed by atoms with Crippen molar-refractivity contribution in [3.8, 4) is 0 Å². The summed E-state index contributed by atoms with van der Waals surface area (Å²) in [5, 5.41) is 7.79. The second-order valence-electron chi connectivity index (χ2n) is 1.89. The first-order chi connectivity index (χ1) is 5.20. The lowest BCUT2D eigenvalue weighted by Gasteiger charge is -1.96. The minimum atomic E-state index is -0.742. The van der Waals surface area contributed by atoms with E-state index >= 15 is 0 Å². The fourth-order valence-electron chi connectivity index (χ4n) is 0.525. The first kappa shape index (κ1) is 9.90. The molecule has 0 amide bonds. The van der Waals surface area contributed by atoms with E-state index in [0.29, 0.717) is 6.42 Å². The molecule has 0 aromatic heterocycles. The van der Waals surface area contributed by atoms with Crippen molar-refractivity contribution in [3.63, 3.8) is 0 Å². The average Bonchev–Trinajstić information content (AvgIpc) is 2.04. The molecule has 64 valence electrons. The molecule has 0 aliphatic carbocycles. The fraction of sp³-hybridized carbons (Fsp3) is 0.667. The second-order valence-corrected chi connectivity index (χ2v) is 1.89. The molecule has 0 rings (SSSR count). The highest BCUT2D eigenvalue weighted by Crippen LogP contribution is 1.97. The third kappa shape index (κ3) is 5.35. The van der Waals surface area contributed by atoms with E-state index in [1.54, 1.807) is 0 Å². The van der Waals surface area contributed by atoms with Gasteiger partial charge in [0.1, 0.15) is 0 Å². The van der Waals surface area contributed by atoms with Gasteiger partial charge in [-0.15, -0.1) is 0 Å². The predicted octanol–water partition coefficient (Wildman–Crippen LogP) is 0.346. The second kappa shape index (κ2) is 5.67. The molecule has 0 unspecified atom stereocenters. The van der Waals surface area contributed by atoms with Crippen LogP contribution in [0, 0.1) is 0 Å². The molecule has 0 aromatic rings. The highest BCUT2D eigenvalue weighted by Gasteiger charge is 2.04. The van der Waals surface area contributed by atoms with Gasteiger partial charge in [-0.05, 0) is 6.42 Å². The third-order valence-corrected chi connectivity index (χ3v) is 1.09. The Hall–Kier alpha value is -1.10. The summed E-state index contributed by atoms with van der Waals surface area (Å²) in [5.74, 6) is -1.12. The van der Waals surface area contributed by atoms with Gasteiger partial charge in [0.15, 0.2) is 0 Å². The van der Waals surface area contributed by atoms with Crippen LogP contribution in [-0.2, 0) is 19.2 Å². The number of carbonyl (C=O) groups is 2. The van der Waals surface area contributed by atoms with Crippen molar-refractivity contribution in [3.05, 3.63) is 0 Å². The van der Waals surface area contributed by atoms with Gasteiger partial charge in [-0.2, -0.15) is 5.26 Å². The summed E-state index contributed by atoms with van der Waals surface area (Å²) in [6.07, 6.45) is 0.503. The van der Waals surface area contributed by atoms with Crippen LogP contribution in [0.25, 0.3) is 0 Å². The van der Waals surface area contributed by atoms with Crippen molar-refractivity contribution in [2.75, 3.05) is 7.11 Å². The number of ether oxygens (including phenoxy) is 1. The summed E-state index contributed by atoms with van der Waals surface area (Å²) >= 11 is 0. The Morgan fingerprint density at radius 1 is 1.27 bits per heavy atom. The van der Waals surface area contributed by atoms with Crippen LogP contribution in [0.15, 0.2) is 0 Å². The summed E-state index contributed by atoms with van der Waals surface area (Å²) in [4.78, 5) is 24.1. The Morgan fingerprint density at radius 3 is 2.27 bits per heavy atom. The Labute approximate surface area is 63.8 Å². The van der Waals surface area contributed by atoms with Gasteiger partial charge in [-0.1, -0.05) is 0 Å². The van der Waals surface area contributed by atoms with E-state index < -0.39 is 5.97 Å². The molecule has 0 atom stereocenters. The highest BCUT2D eigenvalue weighted by molar-refractivity contribution is 5.71. The van der Waals surface area contributed by atoms with Gasteiger partial charge >= 0.3 is 11.9 Å². The maximum absolute atomic E-state index is 10.4. The molecule has 5 heteroatoms. The number of hydrogen-bond donors (Lipinski definition) is 1. The third-order valence-electron chi connectivity index (χ3n) is 1.09. The van der Waals surface area contributed by atoms with Gasteiger partial charge in [0.2, 0.25) is 0 Å². The minimum absolute atomic E-state index is 0.0194. The summed E-state index contributed by atoms with van der Waals surface area (Å²) in [5.41, 5.74) is 0. The van der Waals surface area contributed by atoms with Crippen LogP contribution in [0.5, 0.6) is 0 Å². The predicted molar refractivity (Wildman–Crippen MR) is 34.6 cm³/mol. The minimum Gasteiger partial charge on any atom is -0.469 e. The topological polar surface area (TPSA) is 72.8 Å². The smallest absolute Gasteiger partial charge is 0.342 e. The van der Waals surface area contributed by atoms with Gasteiger partial charge in [0.05, 0.1) is 7.11 Å². The average molecular weight is 162 g/mol. The van der Waals surface area contributed by atoms with Crippen molar-refractivity contribution in [1.82, 2.24) is 0 Å². The first-order valence-electron chi connectivity index (χ1n) is 3.11. The summed E-state index contributed by atoms with van der Waals surface area (Å²) in [6, 6.07) is 0. The number of esters is 1. The Morgan fingerprint density at radius 2 is 1.82 bits per heavy atom. The molecule has 0 aromatic carbocycles. The van der Waals surface area contributed by atoms with E-state index in [0.717, 1.165) is 0 Å². The zero-order chi connectivity index (χ0) is 8.69. The Balaban J connectivity index is 3.27. The van der Waals surface area contributed by atoms with E-state index in [1.165, 1.54) is 7.11 Å². The quantitative estimate of drug-likeness (QED) is 0.366. The van der Waals surface area contributed by atoms with Gasteiger partial charge in [-0.25, -0.2) is 4.79 Å². The van der Waals surface area contributed by atoms with Crippen LogP contribution in [-0.4, -0.2) is 24.3 Å². The maximum atomic E-state index is 10.4. The number of hydrogen-bond acceptors (Lipinski definition) is 5. The fourth-order valence-corrected chi connectivity index (χ4v) is 0.525. The van der Waals surface area contributed by atoms with E-state index in [4.69, 9.17) is 5.26 Å². The molecule has 0 heterocycles. The number of rotatable bonds is 4. The van der Waals surface area contributed by atoms with E-state index in [-0.39, 0.29) is 18.8 Å². The first-order valence-corrected chi connectivity index (χ1v) is 3.11. The van der Waals surface area contributed by atoms with Gasteiger partial charge < -0.3 is 9.62 Å². The van der Waals surface area contributed by atoms with Crippen molar-refractivity contribution < 1.29 is 24.5 Å². The lowest BCUT2D eigenvalue weighted by atomic mass is 10.2. The van der Waals surface area contributed by atoms with Gasteiger partial charge in [-0.3, -0.25) is 4.79 Å². The molecule has 0 saturated heterocycles. The van der Waals surface area contributed by atoms with Gasteiger partial charge in [0.25, 0.3) is 0 Å². The number of carbonyl (C=O) groups excluding carboxylic acids is 2. The summed E-state index contributed by atoms with van der Waals surface area (Å²) in [7, 11) is 1.27. The molecule has 0 saturated carbocycles. The molecule has 0 bridgehead atoms. The zero-order valence-corrected chi connectivity index (χ0v) is 6.20. The largest absolute Gasteiger partial charge is 0.469 e. The lowest BCUT2D eigenvalue weighted by molar-refractivity contribution is -0.234. The molecule has 0 fully saturated rings. The van der Waals surface area contributed by atoms with Crippen LogP contribution in [0.4, 0.5) is 0 Å². The summed E-state index contributed by atoms with van der Waals surface area (Å²) in [6.45, 7) is 0. The molecule has 0 spiro atoms. The van der Waals surface area contributed by atoms with Crippen LogP contribution in [0.2, 0.25) is 0 Å². The monoisotopic (exact) mass is 162 g/mol. The van der Waals surface area contributed by atoms with Crippen LogP contribution >= 0.6 is 0 Å². The lowest BCUT2D eigenvalue weighted by Crippen LogP contribution is -2.04. The SMILES string of the molecule is COC(=O)CCCC(=O)OO. The van der Waals surface area contributed by atoms with Gasteiger partial charge in [0, 0.05) is 12.8 Å². The summed E-state index contributed by atoms with van der Waals surface area (Å²) < 4.78 is 4.31. The molecular formula is C6H10O5. The van der Waals surface area contributed by atoms with E-state index in [2.05, 4.69) is 9.62 Å². The van der Waals surface area contributed by atoms with Crippen molar-refractivity contribution in [2.24, 2.45) is 0 Å². The molecule has 1 N–H and O–H groups in total. The van der Waals surface area contributed by atoms with E-state index in [9.17, 15) is 9.59 Å². The van der Waals surface area contributed by atoms with E-state index in [1.807, 2.05) is 0 Å². The van der Waals surface area contributed by atoms with Crippen LogP contribution in [0.1, 0.15) is 19.3 Å². The number of methoxy groups -OCH3 is 1. The van der Waals surface area contributed by atoms with Crippen LogP contribution in [0.3, 0.4) is 0 Å². The normalized spacial score (nSPS) is 8.91. The Bertz CT molecular complexity index is 126. The van der Waals surface area contributed by atoms with Crippen LogP contribution < -0.4 is 0 Å². The highest BCUT2D eigenvalue weighted by atomic mass is 17.1. The standard InChI is InChI=1S/C6H10O5/c1-10-5(7)3-2-4-6(8)11-9/h9H,2-4H2,1H3. The molecule has 0 aliphatic rings.